The molecule has 3 aromatic carbocycles. The Balaban J connectivity index is 1.54. The zero-order valence-electron chi connectivity index (χ0n) is 21.4. The van der Waals surface area contributed by atoms with Crippen LogP contribution < -0.4 is 19.3 Å². The van der Waals surface area contributed by atoms with Gasteiger partial charge in [-0.25, -0.2) is 4.98 Å². The van der Waals surface area contributed by atoms with Gasteiger partial charge in [-0.05, 0) is 73.0 Å². The topological polar surface area (TPSA) is 108 Å². The molecule has 0 saturated carbocycles. The van der Waals surface area contributed by atoms with Crippen molar-refractivity contribution in [2.24, 2.45) is 0 Å². The molecule has 2 aliphatic heterocycles. The highest BCUT2D eigenvalue weighted by Gasteiger charge is 2.48. The monoisotopic (exact) mass is 510 g/mol. The van der Waals surface area contributed by atoms with E-state index in [2.05, 4.69) is 9.97 Å². The van der Waals surface area contributed by atoms with E-state index in [-0.39, 0.29) is 24.1 Å². The number of imidazole rings is 1. The summed E-state index contributed by atoms with van der Waals surface area (Å²) in [4.78, 5) is 38.2. The first-order valence-electron chi connectivity index (χ1n) is 12.2. The number of hydrogen-bond donors (Lipinski definition) is 2. The smallest absolute Gasteiger partial charge is 0.302 e. The van der Waals surface area contributed by atoms with Gasteiger partial charge in [0, 0.05) is 25.3 Å². The number of aromatic amines is 1. The average molecular weight is 511 g/mol. The van der Waals surface area contributed by atoms with Crippen LogP contribution in [0, 0.1) is 13.8 Å². The Morgan fingerprint density at radius 2 is 1.71 bits per heavy atom. The highest BCUT2D eigenvalue weighted by Crippen LogP contribution is 2.43. The van der Waals surface area contributed by atoms with E-state index in [0.29, 0.717) is 28.1 Å². The van der Waals surface area contributed by atoms with Crippen LogP contribution >= 0.6 is 0 Å². The van der Waals surface area contributed by atoms with Gasteiger partial charge in [0.25, 0.3) is 5.78 Å². The van der Waals surface area contributed by atoms with E-state index in [9.17, 15) is 14.7 Å². The predicted molar refractivity (Wildman–Crippen MR) is 144 cm³/mol. The molecule has 0 aliphatic carbocycles. The van der Waals surface area contributed by atoms with Crippen molar-refractivity contribution in [2.75, 3.05) is 30.7 Å². The first kappa shape index (κ1) is 23.6. The van der Waals surface area contributed by atoms with Gasteiger partial charge in [0.2, 0.25) is 12.7 Å². The van der Waals surface area contributed by atoms with Crippen molar-refractivity contribution < 1.29 is 24.2 Å². The minimum Gasteiger partial charge on any atom is -0.507 e. The Labute approximate surface area is 218 Å². The first-order chi connectivity index (χ1) is 18.2. The first-order valence-corrected chi connectivity index (χ1v) is 12.2. The molecule has 1 fully saturated rings. The molecular weight excluding hydrogens is 484 g/mol. The van der Waals surface area contributed by atoms with E-state index in [1.807, 2.05) is 69.2 Å². The third kappa shape index (κ3) is 3.66. The van der Waals surface area contributed by atoms with Gasteiger partial charge in [0.1, 0.15) is 5.76 Å². The number of hydrogen-bond acceptors (Lipinski definition) is 7. The Kier molecular flexibility index (Phi) is 5.37. The maximum Gasteiger partial charge on any atom is 0.302 e. The summed E-state index contributed by atoms with van der Waals surface area (Å²) in [6, 6.07) is 15.4. The number of aromatic nitrogens is 2. The molecule has 38 heavy (non-hydrogen) atoms. The van der Waals surface area contributed by atoms with Gasteiger partial charge < -0.3 is 24.5 Å². The molecule has 6 rings (SSSR count). The van der Waals surface area contributed by atoms with Crippen LogP contribution in [0.2, 0.25) is 0 Å². The number of H-pyrrole nitrogens is 1. The molecule has 0 bridgehead atoms. The van der Waals surface area contributed by atoms with Crippen LogP contribution in [0.15, 0.2) is 60.2 Å². The van der Waals surface area contributed by atoms with Crippen molar-refractivity contribution in [1.82, 2.24) is 9.97 Å². The minimum atomic E-state index is -0.903. The lowest BCUT2D eigenvalue weighted by atomic mass is 9.95. The van der Waals surface area contributed by atoms with E-state index >= 15 is 0 Å². The number of aliphatic hydroxyl groups excluding tert-OH is 1. The van der Waals surface area contributed by atoms with Gasteiger partial charge in [-0.2, -0.15) is 0 Å². The Morgan fingerprint density at radius 3 is 2.45 bits per heavy atom. The van der Waals surface area contributed by atoms with Crippen LogP contribution in [0.5, 0.6) is 11.5 Å². The minimum absolute atomic E-state index is 0.0284. The van der Waals surface area contributed by atoms with Crippen LogP contribution in [-0.2, 0) is 9.59 Å². The number of benzene rings is 3. The summed E-state index contributed by atoms with van der Waals surface area (Å²) in [5, 5.41) is 11.4. The van der Waals surface area contributed by atoms with Crippen molar-refractivity contribution in [3.63, 3.8) is 0 Å². The molecule has 1 atom stereocenters. The molecule has 0 spiro atoms. The van der Waals surface area contributed by atoms with Crippen molar-refractivity contribution in [2.45, 2.75) is 19.9 Å². The standard InChI is InChI=1S/C29H26N4O5/c1-15-11-20-21(12-16(15)2)31-29(30-20)33-25(17-5-8-19(9-6-17)32(3)4)24(27(35)28(33)36)26(34)18-7-10-22-23(13-18)38-14-37-22/h5-13,25,34H,14H2,1-4H3,(H,30,31)/b26-24+. The van der Waals surface area contributed by atoms with Crippen LogP contribution in [-0.4, -0.2) is 47.7 Å². The second-order valence-electron chi connectivity index (χ2n) is 9.74. The van der Waals surface area contributed by atoms with Crippen molar-refractivity contribution >= 4 is 40.1 Å². The molecule has 9 nitrogen and oxygen atoms in total. The largest absolute Gasteiger partial charge is 0.507 e. The van der Waals surface area contributed by atoms with E-state index in [0.717, 1.165) is 22.3 Å². The van der Waals surface area contributed by atoms with Crippen molar-refractivity contribution in [1.29, 1.82) is 0 Å². The maximum absolute atomic E-state index is 13.5. The van der Waals surface area contributed by atoms with Gasteiger partial charge in [-0.1, -0.05) is 12.1 Å². The summed E-state index contributed by atoms with van der Waals surface area (Å²) in [6.07, 6.45) is 0. The molecule has 3 heterocycles. The molecule has 192 valence electrons. The number of amides is 1. The number of ether oxygens (including phenoxy) is 2. The summed E-state index contributed by atoms with van der Waals surface area (Å²) < 4.78 is 10.8. The molecule has 1 amide bonds. The third-order valence-corrected chi connectivity index (χ3v) is 7.13. The van der Waals surface area contributed by atoms with Gasteiger partial charge in [-0.15, -0.1) is 0 Å². The SMILES string of the molecule is Cc1cc2nc(N3C(=O)C(=O)/C(=C(/O)c4ccc5c(c4)OCO5)C3c3ccc(N(C)C)cc3)[nH]c2cc1C. The number of fused-ring (bicyclic) bond motifs is 2. The normalized spacial score (nSPS) is 18.0. The van der Waals surface area contributed by atoms with E-state index < -0.39 is 17.7 Å². The number of rotatable bonds is 4. The Bertz CT molecular complexity index is 1610. The highest BCUT2D eigenvalue weighted by molar-refractivity contribution is 6.51. The molecule has 1 unspecified atom stereocenters. The van der Waals surface area contributed by atoms with Crippen LogP contribution in [0.3, 0.4) is 0 Å². The van der Waals surface area contributed by atoms with Crippen molar-refractivity contribution in [3.8, 4) is 11.5 Å². The second-order valence-corrected chi connectivity index (χ2v) is 9.74. The lowest BCUT2D eigenvalue weighted by Crippen LogP contribution is -2.30. The lowest BCUT2D eigenvalue weighted by molar-refractivity contribution is -0.132. The number of carbonyl (C=O) groups is 2. The van der Waals surface area contributed by atoms with Gasteiger partial charge in [0.15, 0.2) is 11.5 Å². The molecule has 2 aliphatic rings. The van der Waals surface area contributed by atoms with Gasteiger partial charge >= 0.3 is 5.91 Å². The zero-order chi connectivity index (χ0) is 26.7. The molecule has 4 aromatic rings. The number of ketones is 1. The number of aliphatic hydroxyl groups is 1. The summed E-state index contributed by atoms with van der Waals surface area (Å²) in [5.41, 5.74) is 5.51. The Hall–Kier alpha value is -4.79. The van der Waals surface area contributed by atoms with Gasteiger partial charge in [0.05, 0.1) is 22.6 Å². The predicted octanol–water partition coefficient (Wildman–Crippen LogP) is 4.60. The third-order valence-electron chi connectivity index (χ3n) is 7.13. The fourth-order valence-electron chi connectivity index (χ4n) is 4.89. The van der Waals surface area contributed by atoms with Crippen molar-refractivity contribution in [3.05, 3.63) is 82.4 Å². The number of Topliss-reactive ketones (excluding diaryl/α,β-unsaturated/α-hetero) is 1. The van der Waals surface area contributed by atoms with E-state index in [1.54, 1.807) is 18.2 Å². The number of anilines is 2. The molecule has 9 heteroatoms. The van der Waals surface area contributed by atoms with Crippen LogP contribution in [0.4, 0.5) is 11.6 Å². The highest BCUT2D eigenvalue weighted by atomic mass is 16.7. The summed E-state index contributed by atoms with van der Waals surface area (Å²) in [6.45, 7) is 4.07. The average Bonchev–Trinajstić information content (AvgIpc) is 3.60. The maximum atomic E-state index is 13.5. The lowest BCUT2D eigenvalue weighted by Gasteiger charge is -2.23. The number of aryl methyl sites for hydroxylation is 2. The molecule has 1 saturated heterocycles. The fraction of sp³-hybridized carbons (Fsp3) is 0.207. The second kappa shape index (κ2) is 8.65. The molecule has 2 N–H and O–H groups in total. The van der Waals surface area contributed by atoms with Crippen LogP contribution in [0.25, 0.3) is 16.8 Å². The summed E-state index contributed by atoms with van der Waals surface area (Å²) in [7, 11) is 3.86. The Morgan fingerprint density at radius 1 is 1.00 bits per heavy atom. The quantitative estimate of drug-likeness (QED) is 0.235. The zero-order valence-corrected chi connectivity index (χ0v) is 21.4. The molecular formula is C29H26N4O5. The number of carbonyl (C=O) groups excluding carboxylic acids is 2. The summed E-state index contributed by atoms with van der Waals surface area (Å²) >= 11 is 0. The molecule has 0 radical (unpaired) electrons. The van der Waals surface area contributed by atoms with E-state index in [4.69, 9.17) is 9.47 Å². The van der Waals surface area contributed by atoms with Gasteiger partial charge in [-0.3, -0.25) is 14.5 Å². The van der Waals surface area contributed by atoms with Crippen LogP contribution in [0.1, 0.15) is 28.3 Å². The summed E-state index contributed by atoms with van der Waals surface area (Å²) in [5.74, 6) is -0.632. The molecule has 1 aromatic heterocycles. The number of nitrogens with one attached hydrogen (secondary N) is 1. The van der Waals surface area contributed by atoms with E-state index in [1.165, 1.54) is 4.90 Å². The number of nitrogens with zero attached hydrogens (tertiary/aromatic N) is 3. The fourth-order valence-corrected chi connectivity index (χ4v) is 4.89.